The van der Waals surface area contributed by atoms with Crippen LogP contribution in [0.15, 0.2) is 18.2 Å². The third-order valence-electron chi connectivity index (χ3n) is 5.64. The molecule has 0 saturated carbocycles. The van der Waals surface area contributed by atoms with E-state index >= 15 is 0 Å². The van der Waals surface area contributed by atoms with E-state index in [0.717, 1.165) is 18.4 Å². The molecule has 0 aliphatic carbocycles. The van der Waals surface area contributed by atoms with Crippen LogP contribution in [0.4, 0.5) is 4.79 Å². The van der Waals surface area contributed by atoms with Crippen molar-refractivity contribution in [1.29, 1.82) is 5.26 Å². The van der Waals surface area contributed by atoms with Gasteiger partial charge < -0.3 is 15.4 Å². The molecule has 2 unspecified atom stereocenters. The number of esters is 1. The summed E-state index contributed by atoms with van der Waals surface area (Å²) in [6.07, 6.45) is 3.08. The lowest BCUT2D eigenvalue weighted by atomic mass is 9.98. The smallest absolute Gasteiger partial charge is 0.371 e. The fraction of sp³-hybridized carbons (Fsp3) is 0.444. The molecule has 26 heavy (non-hydrogen) atoms. The number of aromatic nitrogens is 2. The van der Waals surface area contributed by atoms with Gasteiger partial charge in [0, 0.05) is 17.5 Å². The predicted octanol–water partition coefficient (Wildman–Crippen LogP) is 1.94. The van der Waals surface area contributed by atoms with E-state index in [9.17, 15) is 9.59 Å². The van der Waals surface area contributed by atoms with Crippen molar-refractivity contribution >= 4 is 23.0 Å². The van der Waals surface area contributed by atoms with Crippen molar-refractivity contribution in [2.75, 3.05) is 7.05 Å². The summed E-state index contributed by atoms with van der Waals surface area (Å²) in [5, 5.41) is 14.1. The number of hydrogen-bond donors (Lipinski definition) is 1. The zero-order valence-corrected chi connectivity index (χ0v) is 14.4. The van der Waals surface area contributed by atoms with Crippen LogP contribution in [0.1, 0.15) is 47.8 Å². The summed E-state index contributed by atoms with van der Waals surface area (Å²) in [5.74, 6) is -0.896. The molecular formula is C18H19N5O3. The van der Waals surface area contributed by atoms with Crippen LogP contribution in [-0.2, 0) is 4.74 Å². The summed E-state index contributed by atoms with van der Waals surface area (Å²) >= 11 is 0. The molecular weight excluding hydrogens is 334 g/mol. The Balaban J connectivity index is 1.79. The number of nitriles is 1. The van der Waals surface area contributed by atoms with Gasteiger partial charge in [0.05, 0.1) is 23.2 Å². The quantitative estimate of drug-likeness (QED) is 0.652. The van der Waals surface area contributed by atoms with Crippen molar-refractivity contribution in [3.63, 3.8) is 0 Å². The second-order valence-electron chi connectivity index (χ2n) is 7.02. The lowest BCUT2D eigenvalue weighted by Crippen LogP contribution is -2.40. The molecule has 0 radical (unpaired) electrons. The Morgan fingerprint density at radius 1 is 1.27 bits per heavy atom. The van der Waals surface area contributed by atoms with E-state index < -0.39 is 12.1 Å². The first-order valence-corrected chi connectivity index (χ1v) is 8.64. The fourth-order valence-electron chi connectivity index (χ4n) is 4.36. The molecule has 2 fully saturated rings. The first-order valence-electron chi connectivity index (χ1n) is 8.64. The Morgan fingerprint density at radius 2 is 1.96 bits per heavy atom. The normalized spacial score (nSPS) is 25.2. The molecule has 4 rings (SSSR count). The van der Waals surface area contributed by atoms with Gasteiger partial charge in [-0.2, -0.15) is 10.4 Å². The Labute approximate surface area is 150 Å². The number of piperidine rings is 1. The third kappa shape index (κ3) is 2.61. The molecule has 1 aromatic carbocycles. The highest BCUT2D eigenvalue weighted by molar-refractivity contribution is 6.05. The molecule has 8 heteroatoms. The maximum absolute atomic E-state index is 12.3. The standard InChI is InChI=1S/C18H19N5O3/c1-22-11-3-4-12(22)8-13(7-11)23-15-5-2-10(9-19)6-14(15)16(21-23)17(24)26-18(20)25/h2,5-6,11-13H,3-4,7-8H2,1H3,(H2,20,25). The van der Waals surface area contributed by atoms with Crippen LogP contribution in [-0.4, -0.2) is 45.9 Å². The molecule has 1 aromatic heterocycles. The zero-order valence-electron chi connectivity index (χ0n) is 14.4. The average molecular weight is 353 g/mol. The SMILES string of the molecule is CN1C2CCC1CC(n1nc(C(=O)OC(N)=O)c3cc(C#N)ccc31)C2. The molecule has 2 atom stereocenters. The number of rotatable bonds is 2. The highest BCUT2D eigenvalue weighted by Crippen LogP contribution is 2.40. The molecule has 1 amide bonds. The van der Waals surface area contributed by atoms with E-state index in [4.69, 9.17) is 11.0 Å². The van der Waals surface area contributed by atoms with Gasteiger partial charge in [0.15, 0.2) is 5.69 Å². The number of fused-ring (bicyclic) bond motifs is 3. The van der Waals surface area contributed by atoms with Crippen LogP contribution >= 0.6 is 0 Å². The van der Waals surface area contributed by atoms with Gasteiger partial charge in [-0.05, 0) is 50.9 Å². The summed E-state index contributed by atoms with van der Waals surface area (Å²) in [7, 11) is 2.16. The van der Waals surface area contributed by atoms with Crippen molar-refractivity contribution in [1.82, 2.24) is 14.7 Å². The number of carbonyl (C=O) groups is 2. The van der Waals surface area contributed by atoms with Gasteiger partial charge in [-0.25, -0.2) is 9.59 Å². The van der Waals surface area contributed by atoms with E-state index in [2.05, 4.69) is 27.9 Å². The number of hydrogen-bond acceptors (Lipinski definition) is 6. The minimum absolute atomic E-state index is 0.0159. The Morgan fingerprint density at radius 3 is 2.58 bits per heavy atom. The van der Waals surface area contributed by atoms with Gasteiger partial charge in [-0.3, -0.25) is 4.68 Å². The largest absolute Gasteiger partial charge is 0.412 e. The lowest BCUT2D eigenvalue weighted by Gasteiger charge is -2.36. The van der Waals surface area contributed by atoms with Crippen molar-refractivity contribution in [3.8, 4) is 6.07 Å². The second kappa shape index (κ2) is 6.11. The second-order valence-corrected chi connectivity index (χ2v) is 7.02. The van der Waals surface area contributed by atoms with Gasteiger partial charge in [0.25, 0.3) is 0 Å². The van der Waals surface area contributed by atoms with Crippen LogP contribution in [0.3, 0.4) is 0 Å². The number of carbonyl (C=O) groups excluding carboxylic acids is 2. The maximum atomic E-state index is 12.3. The predicted molar refractivity (Wildman–Crippen MR) is 92.3 cm³/mol. The van der Waals surface area contributed by atoms with Crippen molar-refractivity contribution in [2.24, 2.45) is 5.73 Å². The molecule has 134 valence electrons. The third-order valence-corrected chi connectivity index (χ3v) is 5.64. The van der Waals surface area contributed by atoms with E-state index in [0.29, 0.717) is 23.0 Å². The average Bonchev–Trinajstić information content (AvgIpc) is 3.06. The van der Waals surface area contributed by atoms with Crippen LogP contribution < -0.4 is 5.73 Å². The zero-order chi connectivity index (χ0) is 18.4. The van der Waals surface area contributed by atoms with E-state index in [-0.39, 0.29) is 11.7 Å². The summed E-state index contributed by atoms with van der Waals surface area (Å²) < 4.78 is 6.38. The van der Waals surface area contributed by atoms with Crippen LogP contribution in [0.2, 0.25) is 0 Å². The first-order chi connectivity index (χ1) is 12.5. The highest BCUT2D eigenvalue weighted by Gasteiger charge is 2.40. The van der Waals surface area contributed by atoms with E-state index in [1.165, 1.54) is 12.8 Å². The minimum atomic E-state index is -1.17. The lowest BCUT2D eigenvalue weighted by molar-refractivity contribution is 0.0631. The number of nitrogens with two attached hydrogens (primary N) is 1. The summed E-state index contributed by atoms with van der Waals surface area (Å²) in [4.78, 5) is 25.7. The summed E-state index contributed by atoms with van der Waals surface area (Å²) in [5.41, 5.74) is 6.15. The van der Waals surface area contributed by atoms with Crippen LogP contribution in [0.5, 0.6) is 0 Å². The fourth-order valence-corrected chi connectivity index (χ4v) is 4.36. The van der Waals surface area contributed by atoms with Crippen molar-refractivity contribution < 1.29 is 14.3 Å². The van der Waals surface area contributed by atoms with Crippen molar-refractivity contribution in [2.45, 2.75) is 43.8 Å². The number of primary amides is 1. The van der Waals surface area contributed by atoms with Gasteiger partial charge in [0.1, 0.15) is 0 Å². The molecule has 0 spiro atoms. The molecule has 2 aliphatic heterocycles. The number of ether oxygens (including phenoxy) is 1. The summed E-state index contributed by atoms with van der Waals surface area (Å²) in [6.45, 7) is 0. The molecule has 3 heterocycles. The summed E-state index contributed by atoms with van der Waals surface area (Å²) in [6, 6.07) is 8.33. The van der Waals surface area contributed by atoms with Gasteiger partial charge in [-0.1, -0.05) is 0 Å². The first kappa shape index (κ1) is 16.5. The number of amides is 1. The Hall–Kier alpha value is -2.92. The Kier molecular flexibility index (Phi) is 3.89. The minimum Gasteiger partial charge on any atom is -0.371 e. The van der Waals surface area contributed by atoms with Crippen LogP contribution in [0, 0.1) is 11.3 Å². The molecule has 8 nitrogen and oxygen atoms in total. The van der Waals surface area contributed by atoms with Gasteiger partial charge in [0.2, 0.25) is 0 Å². The van der Waals surface area contributed by atoms with Crippen LogP contribution in [0.25, 0.3) is 10.9 Å². The molecule has 2 saturated heterocycles. The number of benzene rings is 1. The Bertz CT molecular complexity index is 930. The van der Waals surface area contributed by atoms with Gasteiger partial charge >= 0.3 is 12.1 Å². The monoisotopic (exact) mass is 353 g/mol. The molecule has 2 aliphatic rings. The van der Waals surface area contributed by atoms with Crippen molar-refractivity contribution in [3.05, 3.63) is 29.5 Å². The molecule has 2 N–H and O–H groups in total. The topological polar surface area (TPSA) is 114 Å². The van der Waals surface area contributed by atoms with E-state index in [1.807, 2.05) is 4.68 Å². The highest BCUT2D eigenvalue weighted by atomic mass is 16.6. The van der Waals surface area contributed by atoms with Gasteiger partial charge in [-0.15, -0.1) is 0 Å². The maximum Gasteiger partial charge on any atom is 0.412 e. The molecule has 2 bridgehead atoms. The van der Waals surface area contributed by atoms with E-state index in [1.54, 1.807) is 18.2 Å². The number of nitrogens with zero attached hydrogens (tertiary/aromatic N) is 4. The molecule has 2 aromatic rings.